The Morgan fingerprint density at radius 1 is 0.897 bits per heavy atom. The van der Waals surface area contributed by atoms with E-state index in [0.717, 1.165) is 43.4 Å². The first-order valence-corrected chi connectivity index (χ1v) is 10.6. The lowest BCUT2D eigenvalue weighted by Crippen LogP contribution is -2.33. The predicted octanol–water partition coefficient (Wildman–Crippen LogP) is 5.30. The molecule has 3 aromatic carbocycles. The van der Waals surface area contributed by atoms with Crippen molar-refractivity contribution < 1.29 is 4.74 Å². The molecule has 29 heavy (non-hydrogen) atoms. The normalized spacial score (nSPS) is 16.2. The molecule has 0 radical (unpaired) electrons. The van der Waals surface area contributed by atoms with Crippen molar-refractivity contribution in [1.29, 1.82) is 0 Å². The van der Waals surface area contributed by atoms with Gasteiger partial charge >= 0.3 is 0 Å². The van der Waals surface area contributed by atoms with Gasteiger partial charge in [0, 0.05) is 30.2 Å². The molecule has 0 bridgehead atoms. The van der Waals surface area contributed by atoms with Gasteiger partial charge in [0.25, 0.3) is 0 Å². The number of halogens is 1. The van der Waals surface area contributed by atoms with Crippen molar-refractivity contribution >= 4 is 11.6 Å². The van der Waals surface area contributed by atoms with E-state index in [0.29, 0.717) is 6.61 Å². The van der Waals surface area contributed by atoms with Gasteiger partial charge in [-0.1, -0.05) is 72.3 Å². The molecule has 1 aliphatic rings. The maximum absolute atomic E-state index is 6.37. The zero-order chi connectivity index (χ0) is 19.9. The average Bonchev–Trinajstić information content (AvgIpc) is 3.04. The second-order valence-electron chi connectivity index (χ2n) is 7.41. The minimum absolute atomic E-state index is 0.112. The molecule has 1 atom stereocenters. The standard InChI is InChI=1S/C25H27ClN2O/c26-22-11-6-10-21(18-22)25(28-16-7-14-27-15-17-28)23-12-4-5-13-24(23)29-19-20-8-2-1-3-9-20/h1-6,8-13,18,25,27H,7,14-17,19H2. The van der Waals surface area contributed by atoms with E-state index in [4.69, 9.17) is 16.3 Å². The molecule has 1 N–H and O–H groups in total. The van der Waals surface area contributed by atoms with E-state index in [9.17, 15) is 0 Å². The first kappa shape index (κ1) is 20.0. The second-order valence-corrected chi connectivity index (χ2v) is 7.85. The van der Waals surface area contributed by atoms with Gasteiger partial charge in [-0.3, -0.25) is 4.90 Å². The molecule has 1 aliphatic heterocycles. The van der Waals surface area contributed by atoms with Crippen LogP contribution in [-0.4, -0.2) is 31.1 Å². The minimum atomic E-state index is 0.112. The molecule has 0 aromatic heterocycles. The van der Waals surface area contributed by atoms with Gasteiger partial charge in [0.2, 0.25) is 0 Å². The third-order valence-electron chi connectivity index (χ3n) is 5.35. The van der Waals surface area contributed by atoms with Crippen LogP contribution >= 0.6 is 11.6 Å². The van der Waals surface area contributed by atoms with Gasteiger partial charge in [0.05, 0.1) is 6.04 Å². The van der Waals surface area contributed by atoms with Crippen LogP contribution in [0.25, 0.3) is 0 Å². The summed E-state index contributed by atoms with van der Waals surface area (Å²) in [5.41, 5.74) is 3.56. The molecule has 4 rings (SSSR count). The molecule has 0 spiro atoms. The number of hydrogen-bond donors (Lipinski definition) is 1. The van der Waals surface area contributed by atoms with Crippen LogP contribution in [0.3, 0.4) is 0 Å². The van der Waals surface area contributed by atoms with Crippen LogP contribution in [0.4, 0.5) is 0 Å². The number of hydrogen-bond acceptors (Lipinski definition) is 3. The topological polar surface area (TPSA) is 24.5 Å². The van der Waals surface area contributed by atoms with Gasteiger partial charge in [-0.15, -0.1) is 0 Å². The summed E-state index contributed by atoms with van der Waals surface area (Å²) in [6.45, 7) is 4.64. The Hall–Kier alpha value is -2.33. The molecular weight excluding hydrogens is 380 g/mol. The highest BCUT2D eigenvalue weighted by molar-refractivity contribution is 6.30. The number of nitrogens with zero attached hydrogens (tertiary/aromatic N) is 1. The largest absolute Gasteiger partial charge is 0.489 e. The van der Waals surface area contributed by atoms with Gasteiger partial charge in [0.15, 0.2) is 0 Å². The Morgan fingerprint density at radius 3 is 2.59 bits per heavy atom. The summed E-state index contributed by atoms with van der Waals surface area (Å²) in [6, 6.07) is 27.0. The van der Waals surface area contributed by atoms with Gasteiger partial charge in [-0.25, -0.2) is 0 Å². The Balaban J connectivity index is 1.68. The molecule has 3 aromatic rings. The SMILES string of the molecule is Clc1cccc(C(c2ccccc2OCc2ccccc2)N2CCCNCC2)c1. The number of rotatable bonds is 6. The third-order valence-corrected chi connectivity index (χ3v) is 5.59. The molecule has 1 unspecified atom stereocenters. The predicted molar refractivity (Wildman–Crippen MR) is 120 cm³/mol. The van der Waals surface area contributed by atoms with Crippen molar-refractivity contribution in [3.05, 3.63) is 101 Å². The van der Waals surface area contributed by atoms with Crippen LogP contribution in [-0.2, 0) is 6.61 Å². The van der Waals surface area contributed by atoms with E-state index in [2.05, 4.69) is 52.7 Å². The van der Waals surface area contributed by atoms with Crippen LogP contribution < -0.4 is 10.1 Å². The lowest BCUT2D eigenvalue weighted by atomic mass is 9.96. The molecule has 0 aliphatic carbocycles. The van der Waals surface area contributed by atoms with Crippen LogP contribution in [0.1, 0.15) is 29.2 Å². The summed E-state index contributed by atoms with van der Waals surface area (Å²) in [5.74, 6) is 0.929. The first-order valence-electron chi connectivity index (χ1n) is 10.3. The van der Waals surface area contributed by atoms with Crippen molar-refractivity contribution in [2.45, 2.75) is 19.1 Å². The van der Waals surface area contributed by atoms with E-state index >= 15 is 0 Å². The van der Waals surface area contributed by atoms with E-state index in [1.807, 2.05) is 36.4 Å². The monoisotopic (exact) mass is 406 g/mol. The van der Waals surface area contributed by atoms with E-state index in [1.165, 1.54) is 16.7 Å². The van der Waals surface area contributed by atoms with Crippen LogP contribution in [0.5, 0.6) is 5.75 Å². The Bertz CT molecular complexity index is 907. The zero-order valence-electron chi connectivity index (χ0n) is 16.6. The maximum atomic E-state index is 6.37. The number of ether oxygens (including phenoxy) is 1. The first-order chi connectivity index (χ1) is 14.3. The molecule has 1 heterocycles. The van der Waals surface area contributed by atoms with Crippen molar-refractivity contribution in [3.63, 3.8) is 0 Å². The highest BCUT2D eigenvalue weighted by atomic mass is 35.5. The minimum Gasteiger partial charge on any atom is -0.489 e. The Kier molecular flexibility index (Phi) is 6.83. The van der Waals surface area contributed by atoms with Gasteiger partial charge in [-0.2, -0.15) is 0 Å². The summed E-state index contributed by atoms with van der Waals surface area (Å²) in [7, 11) is 0. The van der Waals surface area contributed by atoms with Gasteiger partial charge in [0.1, 0.15) is 12.4 Å². The van der Waals surface area contributed by atoms with Crippen molar-refractivity contribution in [1.82, 2.24) is 10.2 Å². The van der Waals surface area contributed by atoms with Gasteiger partial charge < -0.3 is 10.1 Å². The molecule has 1 saturated heterocycles. The molecular formula is C25H27ClN2O. The average molecular weight is 407 g/mol. The zero-order valence-corrected chi connectivity index (χ0v) is 17.3. The van der Waals surface area contributed by atoms with Crippen molar-refractivity contribution in [2.24, 2.45) is 0 Å². The van der Waals surface area contributed by atoms with Crippen LogP contribution in [0.2, 0.25) is 5.02 Å². The Morgan fingerprint density at radius 2 is 1.72 bits per heavy atom. The van der Waals surface area contributed by atoms with Crippen molar-refractivity contribution in [2.75, 3.05) is 26.2 Å². The lowest BCUT2D eigenvalue weighted by molar-refractivity contribution is 0.230. The fourth-order valence-electron chi connectivity index (χ4n) is 3.96. The summed E-state index contributed by atoms with van der Waals surface area (Å²) in [4.78, 5) is 2.54. The molecule has 0 amide bonds. The Labute approximate surface area is 178 Å². The molecule has 4 heteroatoms. The number of para-hydroxylation sites is 1. The molecule has 3 nitrogen and oxygen atoms in total. The maximum Gasteiger partial charge on any atom is 0.124 e. The summed E-state index contributed by atoms with van der Waals surface area (Å²) in [5, 5.41) is 4.28. The molecule has 1 fully saturated rings. The molecule has 0 saturated carbocycles. The smallest absolute Gasteiger partial charge is 0.124 e. The van der Waals surface area contributed by atoms with E-state index in [1.54, 1.807) is 0 Å². The van der Waals surface area contributed by atoms with E-state index < -0.39 is 0 Å². The highest BCUT2D eigenvalue weighted by Crippen LogP contribution is 2.36. The van der Waals surface area contributed by atoms with E-state index in [-0.39, 0.29) is 6.04 Å². The van der Waals surface area contributed by atoms with Crippen molar-refractivity contribution in [3.8, 4) is 5.75 Å². The summed E-state index contributed by atoms with van der Waals surface area (Å²) < 4.78 is 6.30. The fraction of sp³-hybridized carbons (Fsp3) is 0.280. The third kappa shape index (κ3) is 5.18. The van der Waals surface area contributed by atoms with Crippen LogP contribution in [0.15, 0.2) is 78.9 Å². The number of benzene rings is 3. The summed E-state index contributed by atoms with van der Waals surface area (Å²) in [6.07, 6.45) is 1.13. The number of nitrogens with one attached hydrogen (secondary N) is 1. The molecule has 150 valence electrons. The quantitative estimate of drug-likeness (QED) is 0.600. The fourth-order valence-corrected chi connectivity index (χ4v) is 4.16. The van der Waals surface area contributed by atoms with Gasteiger partial charge in [-0.05, 0) is 42.3 Å². The lowest BCUT2D eigenvalue weighted by Gasteiger charge is -2.32. The van der Waals surface area contributed by atoms with Crippen LogP contribution in [0, 0.1) is 0 Å². The summed E-state index contributed by atoms with van der Waals surface area (Å²) >= 11 is 6.37. The second kappa shape index (κ2) is 9.93. The highest BCUT2D eigenvalue weighted by Gasteiger charge is 2.26.